The number of nitrogens with zero attached hydrogens (tertiary/aromatic N) is 2. The van der Waals surface area contributed by atoms with E-state index in [0.717, 1.165) is 37.8 Å². The van der Waals surface area contributed by atoms with Gasteiger partial charge in [-0.1, -0.05) is 39.5 Å². The van der Waals surface area contributed by atoms with Crippen molar-refractivity contribution in [1.29, 1.82) is 0 Å². The Hall–Kier alpha value is -2.18. The van der Waals surface area contributed by atoms with E-state index in [-0.39, 0.29) is 17.2 Å². The smallest absolute Gasteiger partial charge is 0.353 e. The molecule has 0 aromatic heterocycles. The highest BCUT2D eigenvalue weighted by Crippen LogP contribution is 2.42. The van der Waals surface area contributed by atoms with Crippen molar-refractivity contribution in [3.05, 3.63) is 37.9 Å². The number of rotatable bonds is 8. The summed E-state index contributed by atoms with van der Waals surface area (Å²) in [6.45, 7) is 3.83. The second-order valence-electron chi connectivity index (χ2n) is 5.13. The quantitative estimate of drug-likeness (QED) is 0.437. The van der Waals surface area contributed by atoms with Crippen molar-refractivity contribution in [1.82, 2.24) is 0 Å². The second-order valence-corrected chi connectivity index (χ2v) is 5.13. The molecule has 1 aromatic carbocycles. The van der Waals surface area contributed by atoms with Gasteiger partial charge in [-0.3, -0.25) is 20.2 Å². The summed E-state index contributed by atoms with van der Waals surface area (Å²) in [6.07, 6.45) is 4.68. The van der Waals surface area contributed by atoms with Gasteiger partial charge in [0, 0.05) is 6.07 Å². The summed E-state index contributed by atoms with van der Waals surface area (Å²) < 4.78 is 0. The van der Waals surface area contributed by atoms with Crippen molar-refractivity contribution >= 4 is 11.4 Å². The Morgan fingerprint density at radius 1 is 1.14 bits per heavy atom. The van der Waals surface area contributed by atoms with Crippen molar-refractivity contribution in [2.45, 2.75) is 51.9 Å². The van der Waals surface area contributed by atoms with Crippen LogP contribution in [0, 0.1) is 20.2 Å². The van der Waals surface area contributed by atoms with E-state index in [1.165, 1.54) is 0 Å². The molecule has 0 heterocycles. The van der Waals surface area contributed by atoms with Crippen LogP contribution >= 0.6 is 0 Å². The highest BCUT2D eigenvalue weighted by atomic mass is 16.6. The summed E-state index contributed by atoms with van der Waals surface area (Å²) in [7, 11) is 0. The monoisotopic (exact) mass is 296 g/mol. The van der Waals surface area contributed by atoms with E-state index in [9.17, 15) is 25.3 Å². The number of benzene rings is 1. The molecule has 116 valence electrons. The van der Waals surface area contributed by atoms with E-state index in [4.69, 9.17) is 0 Å². The Kier molecular flexibility index (Phi) is 6.08. The van der Waals surface area contributed by atoms with E-state index in [1.807, 2.05) is 0 Å². The van der Waals surface area contributed by atoms with Gasteiger partial charge in [0.1, 0.15) is 5.75 Å². The van der Waals surface area contributed by atoms with Gasteiger partial charge in [-0.15, -0.1) is 0 Å². The zero-order valence-corrected chi connectivity index (χ0v) is 12.2. The first kappa shape index (κ1) is 16.9. The summed E-state index contributed by atoms with van der Waals surface area (Å²) in [5.41, 5.74) is -1.11. The molecule has 0 bridgehead atoms. The van der Waals surface area contributed by atoms with Gasteiger partial charge in [0.25, 0.3) is 0 Å². The fraction of sp³-hybridized carbons (Fsp3) is 0.571. The van der Waals surface area contributed by atoms with Crippen molar-refractivity contribution in [2.24, 2.45) is 0 Å². The topological polar surface area (TPSA) is 107 Å². The Morgan fingerprint density at radius 3 is 2.33 bits per heavy atom. The zero-order valence-electron chi connectivity index (χ0n) is 12.2. The molecule has 0 saturated carbocycles. The zero-order chi connectivity index (χ0) is 16.0. The average Bonchev–Trinajstić information content (AvgIpc) is 2.42. The molecule has 0 fully saturated rings. The third-order valence-electron chi connectivity index (χ3n) is 3.54. The van der Waals surface area contributed by atoms with Gasteiger partial charge in [-0.05, 0) is 18.4 Å². The van der Waals surface area contributed by atoms with Crippen LogP contribution in [0.1, 0.15) is 57.4 Å². The van der Waals surface area contributed by atoms with Crippen molar-refractivity contribution < 1.29 is 15.0 Å². The minimum Gasteiger partial charge on any atom is -0.507 e. The van der Waals surface area contributed by atoms with Crippen LogP contribution in [0.25, 0.3) is 0 Å². The third kappa shape index (κ3) is 4.14. The molecule has 0 aliphatic rings. The first-order valence-corrected chi connectivity index (χ1v) is 7.04. The van der Waals surface area contributed by atoms with Gasteiger partial charge in [0.2, 0.25) is 0 Å². The van der Waals surface area contributed by atoms with Gasteiger partial charge in [-0.2, -0.15) is 0 Å². The Morgan fingerprint density at radius 2 is 1.81 bits per heavy atom. The van der Waals surface area contributed by atoms with E-state index in [2.05, 4.69) is 6.92 Å². The standard InChI is InChI=1S/C14H20N2O5/c1-3-4-5-6-7-10(2)13-12(17)9-8-11(15(18)19)14(13)16(20)21/h8-10,17H,3-7H2,1-2H3. The lowest BCUT2D eigenvalue weighted by Crippen LogP contribution is -2.04. The maximum Gasteiger partial charge on any atom is 0.353 e. The second kappa shape index (κ2) is 7.56. The summed E-state index contributed by atoms with van der Waals surface area (Å²) >= 11 is 0. The Labute approximate surface area is 122 Å². The number of unbranched alkanes of at least 4 members (excludes halogenated alkanes) is 3. The van der Waals surface area contributed by atoms with Crippen LogP contribution in [0.2, 0.25) is 0 Å². The van der Waals surface area contributed by atoms with Crippen LogP contribution in [0.3, 0.4) is 0 Å². The lowest BCUT2D eigenvalue weighted by Gasteiger charge is -2.13. The van der Waals surface area contributed by atoms with Crippen LogP contribution in [-0.4, -0.2) is 15.0 Å². The van der Waals surface area contributed by atoms with Crippen LogP contribution < -0.4 is 0 Å². The van der Waals surface area contributed by atoms with Crippen LogP contribution in [0.15, 0.2) is 12.1 Å². The first-order valence-electron chi connectivity index (χ1n) is 7.04. The predicted octanol–water partition coefficient (Wildman–Crippen LogP) is 4.28. The number of hydrogen-bond acceptors (Lipinski definition) is 5. The maximum absolute atomic E-state index is 11.2. The number of phenols is 1. The van der Waals surface area contributed by atoms with E-state index >= 15 is 0 Å². The number of nitro benzene ring substituents is 2. The summed E-state index contributed by atoms with van der Waals surface area (Å²) in [4.78, 5) is 20.5. The number of aromatic hydroxyl groups is 1. The molecule has 1 N–H and O–H groups in total. The molecule has 0 amide bonds. The van der Waals surface area contributed by atoms with Crippen molar-refractivity contribution in [2.75, 3.05) is 0 Å². The van der Waals surface area contributed by atoms with Crippen LogP contribution in [0.4, 0.5) is 11.4 Å². The van der Waals surface area contributed by atoms with E-state index in [0.29, 0.717) is 6.42 Å². The molecule has 0 spiro atoms. The number of hydrogen-bond donors (Lipinski definition) is 1. The van der Waals surface area contributed by atoms with Gasteiger partial charge in [-0.25, -0.2) is 0 Å². The minimum atomic E-state index is -0.787. The molecular formula is C14H20N2O5. The van der Waals surface area contributed by atoms with E-state index in [1.54, 1.807) is 6.92 Å². The molecule has 1 aromatic rings. The summed E-state index contributed by atoms with van der Waals surface area (Å²) in [5, 5.41) is 32.0. The fourth-order valence-corrected chi connectivity index (χ4v) is 2.43. The number of phenolic OH excluding ortho intramolecular Hbond substituents is 1. The Bertz CT molecular complexity index is 530. The molecule has 7 nitrogen and oxygen atoms in total. The predicted molar refractivity (Wildman–Crippen MR) is 78.6 cm³/mol. The third-order valence-corrected chi connectivity index (χ3v) is 3.54. The van der Waals surface area contributed by atoms with E-state index < -0.39 is 21.2 Å². The van der Waals surface area contributed by atoms with Gasteiger partial charge < -0.3 is 5.11 Å². The van der Waals surface area contributed by atoms with Crippen LogP contribution in [-0.2, 0) is 0 Å². The van der Waals surface area contributed by atoms with Gasteiger partial charge in [0.15, 0.2) is 0 Å². The maximum atomic E-state index is 11.2. The SMILES string of the molecule is CCCCCCC(C)c1c(O)ccc([N+](=O)[O-])c1[N+](=O)[O-]. The molecular weight excluding hydrogens is 276 g/mol. The Balaban J connectivity index is 3.11. The van der Waals surface area contributed by atoms with Crippen molar-refractivity contribution in [3.63, 3.8) is 0 Å². The molecule has 0 aliphatic heterocycles. The normalized spacial score (nSPS) is 12.1. The number of nitro groups is 2. The molecule has 7 heteroatoms. The molecule has 21 heavy (non-hydrogen) atoms. The lowest BCUT2D eigenvalue weighted by atomic mass is 9.92. The first-order chi connectivity index (χ1) is 9.90. The summed E-state index contributed by atoms with van der Waals surface area (Å²) in [5.74, 6) is -0.558. The minimum absolute atomic E-state index is 0.0608. The molecule has 0 radical (unpaired) electrons. The molecule has 1 unspecified atom stereocenters. The largest absolute Gasteiger partial charge is 0.507 e. The average molecular weight is 296 g/mol. The fourth-order valence-electron chi connectivity index (χ4n) is 2.43. The highest BCUT2D eigenvalue weighted by molar-refractivity contribution is 5.63. The van der Waals surface area contributed by atoms with Gasteiger partial charge in [0.05, 0.1) is 15.4 Å². The molecule has 0 saturated heterocycles. The lowest BCUT2D eigenvalue weighted by molar-refractivity contribution is -0.423. The molecule has 1 atom stereocenters. The van der Waals surface area contributed by atoms with Gasteiger partial charge >= 0.3 is 11.4 Å². The highest BCUT2D eigenvalue weighted by Gasteiger charge is 2.33. The van der Waals surface area contributed by atoms with Crippen LogP contribution in [0.5, 0.6) is 5.75 Å². The summed E-state index contributed by atoms with van der Waals surface area (Å²) in [6, 6.07) is 2.13. The van der Waals surface area contributed by atoms with Crippen molar-refractivity contribution in [3.8, 4) is 5.75 Å². The molecule has 0 aliphatic carbocycles. The molecule has 1 rings (SSSR count).